The number of hydrogen-bond donors (Lipinski definition) is 1. The van der Waals surface area contributed by atoms with Crippen LogP contribution in [0.15, 0.2) is 18.3 Å². The number of aromatic nitrogens is 1. The quantitative estimate of drug-likeness (QED) is 0.925. The molecule has 0 spiro atoms. The van der Waals surface area contributed by atoms with Crippen molar-refractivity contribution in [3.05, 3.63) is 24.0 Å². The molecule has 2 aliphatic rings. The van der Waals surface area contributed by atoms with E-state index in [1.807, 2.05) is 12.1 Å². The minimum atomic E-state index is -0.424. The summed E-state index contributed by atoms with van der Waals surface area (Å²) in [5, 5.41) is 13.3. The molecule has 3 rings (SSSR count). The van der Waals surface area contributed by atoms with E-state index in [1.54, 1.807) is 13.3 Å². The molecule has 124 valence electrons. The van der Waals surface area contributed by atoms with Crippen molar-refractivity contribution in [2.24, 2.45) is 0 Å². The number of nitrogens with zero attached hydrogens (tertiary/aromatic N) is 3. The first-order valence-electron chi connectivity index (χ1n) is 8.64. The SMILES string of the molecule is COc1ccc(C2(C#N)CCC(N3CCCNCC3)CC2)nc1. The van der Waals surface area contributed by atoms with Crippen molar-refractivity contribution in [3.8, 4) is 11.8 Å². The first-order chi connectivity index (χ1) is 11.3. The van der Waals surface area contributed by atoms with Crippen LogP contribution < -0.4 is 10.1 Å². The van der Waals surface area contributed by atoms with Gasteiger partial charge >= 0.3 is 0 Å². The van der Waals surface area contributed by atoms with E-state index in [4.69, 9.17) is 4.74 Å². The van der Waals surface area contributed by atoms with Crippen molar-refractivity contribution >= 4 is 0 Å². The fourth-order valence-electron chi connectivity index (χ4n) is 3.90. The Hall–Kier alpha value is -1.64. The van der Waals surface area contributed by atoms with Gasteiger partial charge in [-0.1, -0.05) is 0 Å². The van der Waals surface area contributed by atoms with E-state index in [0.717, 1.165) is 56.8 Å². The van der Waals surface area contributed by atoms with Gasteiger partial charge in [0.25, 0.3) is 0 Å². The fraction of sp³-hybridized carbons (Fsp3) is 0.667. The van der Waals surface area contributed by atoms with E-state index in [2.05, 4.69) is 21.3 Å². The van der Waals surface area contributed by atoms with Crippen molar-refractivity contribution in [2.45, 2.75) is 43.6 Å². The van der Waals surface area contributed by atoms with Crippen LogP contribution in [0.25, 0.3) is 0 Å². The van der Waals surface area contributed by atoms with Gasteiger partial charge in [-0.15, -0.1) is 0 Å². The Bertz CT molecular complexity index is 535. The van der Waals surface area contributed by atoms with Gasteiger partial charge in [-0.2, -0.15) is 5.26 Å². The maximum Gasteiger partial charge on any atom is 0.137 e. The molecule has 2 fully saturated rings. The Morgan fingerprint density at radius 1 is 1.30 bits per heavy atom. The highest BCUT2D eigenvalue weighted by molar-refractivity contribution is 5.31. The summed E-state index contributed by atoms with van der Waals surface area (Å²) in [5.41, 5.74) is 0.476. The molecule has 0 amide bonds. The van der Waals surface area contributed by atoms with Gasteiger partial charge in [0, 0.05) is 19.1 Å². The van der Waals surface area contributed by atoms with Gasteiger partial charge in [-0.25, -0.2) is 0 Å². The van der Waals surface area contributed by atoms with Crippen LogP contribution in [-0.4, -0.2) is 49.2 Å². The zero-order chi connectivity index (χ0) is 16.1. The molecule has 1 saturated carbocycles. The summed E-state index contributed by atoms with van der Waals surface area (Å²) in [6, 6.07) is 7.06. The smallest absolute Gasteiger partial charge is 0.137 e. The molecule has 23 heavy (non-hydrogen) atoms. The van der Waals surface area contributed by atoms with Gasteiger partial charge in [0.2, 0.25) is 0 Å². The van der Waals surface area contributed by atoms with Crippen molar-refractivity contribution in [1.29, 1.82) is 5.26 Å². The normalized spacial score (nSPS) is 29.5. The summed E-state index contributed by atoms with van der Waals surface area (Å²) in [4.78, 5) is 7.11. The number of pyridine rings is 1. The van der Waals surface area contributed by atoms with E-state index in [-0.39, 0.29) is 0 Å². The van der Waals surface area contributed by atoms with Crippen LogP contribution in [-0.2, 0) is 5.41 Å². The molecule has 5 heteroatoms. The molecule has 1 aliphatic carbocycles. The highest BCUT2D eigenvalue weighted by atomic mass is 16.5. The molecule has 1 aliphatic heterocycles. The number of ether oxygens (including phenoxy) is 1. The number of hydrogen-bond acceptors (Lipinski definition) is 5. The van der Waals surface area contributed by atoms with Crippen molar-refractivity contribution in [2.75, 3.05) is 33.3 Å². The summed E-state index contributed by atoms with van der Waals surface area (Å²) < 4.78 is 5.17. The molecule has 5 nitrogen and oxygen atoms in total. The summed E-state index contributed by atoms with van der Waals surface area (Å²) in [5.74, 6) is 0.743. The molecular formula is C18H26N4O. The number of rotatable bonds is 3. The molecule has 1 saturated heterocycles. The second kappa shape index (κ2) is 7.29. The number of nitriles is 1. The molecule has 1 aromatic rings. The van der Waals surface area contributed by atoms with Crippen LogP contribution in [0.1, 0.15) is 37.8 Å². The predicted molar refractivity (Wildman–Crippen MR) is 89.4 cm³/mol. The molecule has 0 radical (unpaired) electrons. The highest BCUT2D eigenvalue weighted by Crippen LogP contribution is 2.39. The van der Waals surface area contributed by atoms with Gasteiger partial charge in [-0.3, -0.25) is 9.88 Å². The monoisotopic (exact) mass is 314 g/mol. The van der Waals surface area contributed by atoms with Crippen LogP contribution in [0.2, 0.25) is 0 Å². The zero-order valence-corrected chi connectivity index (χ0v) is 13.9. The highest BCUT2D eigenvalue weighted by Gasteiger charge is 2.39. The van der Waals surface area contributed by atoms with Crippen LogP contribution in [0.3, 0.4) is 0 Å². The van der Waals surface area contributed by atoms with Gasteiger partial charge in [0.05, 0.1) is 30.5 Å². The van der Waals surface area contributed by atoms with E-state index in [1.165, 1.54) is 13.0 Å². The van der Waals surface area contributed by atoms with Crippen molar-refractivity contribution in [1.82, 2.24) is 15.2 Å². The third-order valence-electron chi connectivity index (χ3n) is 5.38. The second-order valence-electron chi connectivity index (χ2n) is 6.65. The average Bonchev–Trinajstić information content (AvgIpc) is 2.91. The lowest BCUT2D eigenvalue weighted by atomic mass is 9.71. The second-order valence-corrected chi connectivity index (χ2v) is 6.65. The van der Waals surface area contributed by atoms with Gasteiger partial charge in [0.15, 0.2) is 0 Å². The van der Waals surface area contributed by atoms with Crippen LogP contribution in [0.4, 0.5) is 0 Å². The van der Waals surface area contributed by atoms with E-state index in [0.29, 0.717) is 6.04 Å². The first kappa shape index (κ1) is 16.2. The maximum atomic E-state index is 9.82. The Labute approximate surface area is 138 Å². The largest absolute Gasteiger partial charge is 0.495 e. The van der Waals surface area contributed by atoms with Crippen LogP contribution >= 0.6 is 0 Å². The summed E-state index contributed by atoms with van der Waals surface area (Å²) in [7, 11) is 1.64. The Morgan fingerprint density at radius 2 is 2.13 bits per heavy atom. The lowest BCUT2D eigenvalue weighted by molar-refractivity contribution is 0.144. The van der Waals surface area contributed by atoms with Crippen molar-refractivity contribution in [3.63, 3.8) is 0 Å². The third kappa shape index (κ3) is 3.49. The van der Waals surface area contributed by atoms with Crippen LogP contribution in [0, 0.1) is 11.3 Å². The standard InChI is InChI=1S/C18H26N4O/c1-23-16-3-4-17(21-13-16)18(14-19)7-5-15(6-8-18)22-11-2-9-20-10-12-22/h3-4,13,15,20H,2,5-12H2,1H3. The molecule has 2 heterocycles. The van der Waals surface area contributed by atoms with E-state index >= 15 is 0 Å². The molecular weight excluding hydrogens is 288 g/mol. The fourth-order valence-corrected chi connectivity index (χ4v) is 3.90. The van der Waals surface area contributed by atoms with Gasteiger partial charge in [-0.05, 0) is 57.3 Å². The summed E-state index contributed by atoms with van der Waals surface area (Å²) >= 11 is 0. The minimum Gasteiger partial charge on any atom is -0.495 e. The average molecular weight is 314 g/mol. The summed E-state index contributed by atoms with van der Waals surface area (Å²) in [6.45, 7) is 4.52. The molecule has 0 aromatic carbocycles. The predicted octanol–water partition coefficient (Wildman–Crippen LogP) is 2.09. The zero-order valence-electron chi connectivity index (χ0n) is 13.9. The van der Waals surface area contributed by atoms with Gasteiger partial charge in [0.1, 0.15) is 5.75 Å². The Kier molecular flexibility index (Phi) is 5.14. The lowest BCUT2D eigenvalue weighted by Gasteiger charge is -2.39. The molecule has 1 N–H and O–H groups in total. The number of methoxy groups -OCH3 is 1. The maximum absolute atomic E-state index is 9.82. The van der Waals surface area contributed by atoms with Gasteiger partial charge < -0.3 is 10.1 Å². The Balaban J connectivity index is 1.68. The molecule has 0 atom stereocenters. The van der Waals surface area contributed by atoms with E-state index in [9.17, 15) is 5.26 Å². The van der Waals surface area contributed by atoms with Crippen molar-refractivity contribution < 1.29 is 4.74 Å². The summed E-state index contributed by atoms with van der Waals surface area (Å²) in [6.07, 6.45) is 6.91. The number of nitrogens with one attached hydrogen (secondary N) is 1. The third-order valence-corrected chi connectivity index (χ3v) is 5.38. The molecule has 0 unspecified atom stereocenters. The van der Waals surface area contributed by atoms with Crippen LogP contribution in [0.5, 0.6) is 5.75 Å². The van der Waals surface area contributed by atoms with E-state index < -0.39 is 5.41 Å². The topological polar surface area (TPSA) is 61.2 Å². The minimum absolute atomic E-state index is 0.424. The Morgan fingerprint density at radius 3 is 2.78 bits per heavy atom. The molecule has 0 bridgehead atoms. The first-order valence-corrected chi connectivity index (χ1v) is 8.64. The lowest BCUT2D eigenvalue weighted by Crippen LogP contribution is -2.43. The molecule has 1 aromatic heterocycles.